The third kappa shape index (κ3) is 5.78. The Bertz CT molecular complexity index is 486. The number of ether oxygens (including phenoxy) is 5. The summed E-state index contributed by atoms with van der Waals surface area (Å²) in [7, 11) is 0. The van der Waals surface area contributed by atoms with Crippen molar-refractivity contribution in [1.29, 1.82) is 0 Å². The van der Waals surface area contributed by atoms with E-state index in [1.165, 1.54) is 0 Å². The highest BCUT2D eigenvalue weighted by Gasteiger charge is 2.51. The Labute approximate surface area is 137 Å². The van der Waals surface area contributed by atoms with Crippen molar-refractivity contribution in [2.75, 3.05) is 6.61 Å². The molecular weight excluding hydrogens is 328 g/mol. The molecule has 0 aliphatic carbocycles. The number of hydrogen-bond donors (Lipinski definition) is 1. The van der Waals surface area contributed by atoms with Gasteiger partial charge in [0.05, 0.1) is 0 Å². The fourth-order valence-electron chi connectivity index (χ4n) is 2.15. The standard InChI is InChI=1S/C14H20O10/c1-6(15)20-5-10-12(21-7(2)16)13(22-8(3)17)11(19)14(24-10)23-9(4)18/h10-14,19H,5H2,1-4H3/t10?,11-,12+,13-,14+/m0/s1. The molecule has 1 rings (SSSR count). The lowest BCUT2D eigenvalue weighted by atomic mass is 9.98. The van der Waals surface area contributed by atoms with Crippen molar-refractivity contribution in [3.05, 3.63) is 0 Å². The van der Waals surface area contributed by atoms with E-state index in [4.69, 9.17) is 23.7 Å². The Morgan fingerprint density at radius 1 is 0.833 bits per heavy atom. The molecule has 1 N–H and O–H groups in total. The zero-order chi connectivity index (χ0) is 18.4. The second-order valence-corrected chi connectivity index (χ2v) is 5.09. The van der Waals surface area contributed by atoms with Gasteiger partial charge in [-0.3, -0.25) is 19.2 Å². The minimum Gasteiger partial charge on any atom is -0.463 e. The van der Waals surface area contributed by atoms with E-state index in [0.717, 1.165) is 27.7 Å². The van der Waals surface area contributed by atoms with Gasteiger partial charge >= 0.3 is 23.9 Å². The maximum absolute atomic E-state index is 11.3. The molecule has 136 valence electrons. The van der Waals surface area contributed by atoms with Gasteiger partial charge in [0.2, 0.25) is 6.29 Å². The van der Waals surface area contributed by atoms with Crippen molar-refractivity contribution in [2.45, 2.75) is 58.4 Å². The first kappa shape index (κ1) is 19.8. The molecule has 0 amide bonds. The van der Waals surface area contributed by atoms with Crippen LogP contribution in [0.2, 0.25) is 0 Å². The summed E-state index contributed by atoms with van der Waals surface area (Å²) in [5.41, 5.74) is 0. The largest absolute Gasteiger partial charge is 0.463 e. The van der Waals surface area contributed by atoms with E-state index in [2.05, 4.69) is 0 Å². The highest BCUT2D eigenvalue weighted by molar-refractivity contribution is 5.68. The molecule has 1 aliphatic rings. The van der Waals surface area contributed by atoms with Gasteiger partial charge in [0.1, 0.15) is 12.7 Å². The van der Waals surface area contributed by atoms with E-state index >= 15 is 0 Å². The quantitative estimate of drug-likeness (QED) is 0.490. The maximum atomic E-state index is 11.3. The van der Waals surface area contributed by atoms with Gasteiger partial charge in [0.15, 0.2) is 18.3 Å². The monoisotopic (exact) mass is 348 g/mol. The number of rotatable bonds is 5. The van der Waals surface area contributed by atoms with Gasteiger partial charge in [-0.1, -0.05) is 0 Å². The van der Waals surface area contributed by atoms with Crippen LogP contribution in [-0.4, -0.2) is 66.3 Å². The second-order valence-electron chi connectivity index (χ2n) is 5.09. The summed E-state index contributed by atoms with van der Waals surface area (Å²) in [6, 6.07) is 0. The number of carbonyl (C=O) groups is 4. The normalized spacial score (nSPS) is 29.3. The molecule has 0 bridgehead atoms. The summed E-state index contributed by atoms with van der Waals surface area (Å²) in [4.78, 5) is 44.7. The van der Waals surface area contributed by atoms with Gasteiger partial charge in [-0.2, -0.15) is 0 Å². The van der Waals surface area contributed by atoms with Gasteiger partial charge in [0.25, 0.3) is 0 Å². The first-order valence-corrected chi connectivity index (χ1v) is 7.10. The molecule has 10 heteroatoms. The van der Waals surface area contributed by atoms with E-state index in [1.807, 2.05) is 0 Å². The lowest BCUT2D eigenvalue weighted by Gasteiger charge is -2.42. The highest BCUT2D eigenvalue weighted by Crippen LogP contribution is 2.27. The molecule has 24 heavy (non-hydrogen) atoms. The van der Waals surface area contributed by atoms with E-state index in [9.17, 15) is 24.3 Å². The molecule has 0 aromatic heterocycles. The Morgan fingerprint density at radius 3 is 1.79 bits per heavy atom. The topological polar surface area (TPSA) is 135 Å². The van der Waals surface area contributed by atoms with Crippen LogP contribution < -0.4 is 0 Å². The summed E-state index contributed by atoms with van der Waals surface area (Å²) in [6.45, 7) is 4.09. The zero-order valence-corrected chi connectivity index (χ0v) is 13.7. The van der Waals surface area contributed by atoms with Crippen LogP contribution >= 0.6 is 0 Å². The molecule has 1 unspecified atom stereocenters. The van der Waals surface area contributed by atoms with Crippen LogP contribution in [0.1, 0.15) is 27.7 Å². The smallest absolute Gasteiger partial charge is 0.305 e. The van der Waals surface area contributed by atoms with Crippen molar-refractivity contribution >= 4 is 23.9 Å². The third-order valence-electron chi connectivity index (χ3n) is 2.95. The molecule has 1 fully saturated rings. The number of carbonyl (C=O) groups excluding carboxylic acids is 4. The second kappa shape index (κ2) is 8.60. The molecule has 1 heterocycles. The van der Waals surface area contributed by atoms with Crippen LogP contribution in [0.4, 0.5) is 0 Å². The van der Waals surface area contributed by atoms with Gasteiger partial charge in [-0.25, -0.2) is 0 Å². The average molecular weight is 348 g/mol. The number of aliphatic hydroxyl groups is 1. The Balaban J connectivity index is 3.08. The zero-order valence-electron chi connectivity index (χ0n) is 13.7. The van der Waals surface area contributed by atoms with E-state index in [1.54, 1.807) is 0 Å². The van der Waals surface area contributed by atoms with Crippen LogP contribution in [0.15, 0.2) is 0 Å². The summed E-state index contributed by atoms with van der Waals surface area (Å²) < 4.78 is 25.0. The molecule has 0 aromatic carbocycles. The maximum Gasteiger partial charge on any atom is 0.305 e. The summed E-state index contributed by atoms with van der Waals surface area (Å²) in [5.74, 6) is -2.87. The Kier molecular flexibility index (Phi) is 7.11. The van der Waals surface area contributed by atoms with Crippen LogP contribution in [0.5, 0.6) is 0 Å². The molecular formula is C14H20O10. The molecule has 0 aromatic rings. The molecule has 0 radical (unpaired) electrons. The minimum atomic E-state index is -1.60. The predicted octanol–water partition coefficient (Wildman–Crippen LogP) is -0.938. The third-order valence-corrected chi connectivity index (χ3v) is 2.95. The van der Waals surface area contributed by atoms with Gasteiger partial charge in [0, 0.05) is 27.7 Å². The average Bonchev–Trinajstić information content (AvgIpc) is 2.42. The van der Waals surface area contributed by atoms with Crippen molar-refractivity contribution in [3.8, 4) is 0 Å². The molecule has 10 nitrogen and oxygen atoms in total. The van der Waals surface area contributed by atoms with E-state index in [0.29, 0.717) is 0 Å². The minimum absolute atomic E-state index is 0.366. The molecule has 5 atom stereocenters. The van der Waals surface area contributed by atoms with E-state index in [-0.39, 0.29) is 6.61 Å². The summed E-state index contributed by atoms with van der Waals surface area (Å²) in [6.07, 6.45) is -6.83. The molecule has 1 saturated heterocycles. The fraction of sp³-hybridized carbons (Fsp3) is 0.714. The van der Waals surface area contributed by atoms with Crippen molar-refractivity contribution < 1.29 is 48.0 Å². The van der Waals surface area contributed by atoms with Crippen LogP contribution in [0.3, 0.4) is 0 Å². The van der Waals surface area contributed by atoms with Crippen molar-refractivity contribution in [2.24, 2.45) is 0 Å². The molecule has 0 saturated carbocycles. The van der Waals surface area contributed by atoms with Crippen molar-refractivity contribution in [3.63, 3.8) is 0 Å². The van der Waals surface area contributed by atoms with Crippen LogP contribution in [0.25, 0.3) is 0 Å². The first-order valence-electron chi connectivity index (χ1n) is 7.10. The van der Waals surface area contributed by atoms with Gasteiger partial charge < -0.3 is 28.8 Å². The van der Waals surface area contributed by atoms with E-state index < -0.39 is 54.6 Å². The van der Waals surface area contributed by atoms with Crippen LogP contribution in [-0.2, 0) is 42.9 Å². The Morgan fingerprint density at radius 2 is 1.33 bits per heavy atom. The van der Waals surface area contributed by atoms with Gasteiger partial charge in [-0.15, -0.1) is 0 Å². The number of aliphatic hydroxyl groups excluding tert-OH is 1. The summed E-state index contributed by atoms with van der Waals surface area (Å²) in [5, 5.41) is 10.2. The SMILES string of the molecule is CC(=O)OCC1O[C@@H](OC(C)=O)[C@@H](O)[C@H](OC(C)=O)[C@@H]1OC(C)=O. The first-order chi connectivity index (χ1) is 11.1. The lowest BCUT2D eigenvalue weighted by molar-refractivity contribution is -0.297. The molecule has 1 aliphatic heterocycles. The lowest BCUT2D eigenvalue weighted by Crippen LogP contribution is -2.62. The Hall–Kier alpha value is -2.20. The fourth-order valence-corrected chi connectivity index (χ4v) is 2.15. The number of hydrogen-bond acceptors (Lipinski definition) is 10. The van der Waals surface area contributed by atoms with Crippen molar-refractivity contribution in [1.82, 2.24) is 0 Å². The highest BCUT2D eigenvalue weighted by atomic mass is 16.7. The predicted molar refractivity (Wildman–Crippen MR) is 74.2 cm³/mol. The van der Waals surface area contributed by atoms with Crippen LogP contribution in [0, 0.1) is 0 Å². The number of esters is 4. The molecule has 0 spiro atoms. The van der Waals surface area contributed by atoms with Gasteiger partial charge in [-0.05, 0) is 0 Å². The summed E-state index contributed by atoms with van der Waals surface area (Å²) >= 11 is 0.